The summed E-state index contributed by atoms with van der Waals surface area (Å²) in [6.45, 7) is 2.31. The molecule has 6 heteroatoms. The zero-order chi connectivity index (χ0) is 13.0. The molecule has 0 amide bonds. The summed E-state index contributed by atoms with van der Waals surface area (Å²) in [7, 11) is 0. The van der Waals surface area contributed by atoms with Crippen molar-refractivity contribution >= 4 is 16.3 Å². The lowest BCUT2D eigenvalue weighted by molar-refractivity contribution is 0.246. The Labute approximate surface area is 116 Å². The second-order valence-corrected chi connectivity index (χ2v) is 7.23. The number of rotatable bonds is 2. The van der Waals surface area contributed by atoms with Crippen LogP contribution in [0.25, 0.3) is 4.96 Å². The van der Waals surface area contributed by atoms with Gasteiger partial charge < -0.3 is 5.73 Å². The summed E-state index contributed by atoms with van der Waals surface area (Å²) in [5.74, 6) is 2.40. The van der Waals surface area contributed by atoms with Gasteiger partial charge in [0.2, 0.25) is 4.96 Å². The van der Waals surface area contributed by atoms with Crippen molar-refractivity contribution in [2.75, 3.05) is 0 Å². The van der Waals surface area contributed by atoms with Gasteiger partial charge in [0.25, 0.3) is 0 Å². The second kappa shape index (κ2) is 3.99. The number of hydrogen-bond donors (Lipinski definition) is 1. The van der Waals surface area contributed by atoms with E-state index in [9.17, 15) is 0 Å². The van der Waals surface area contributed by atoms with Gasteiger partial charge in [-0.3, -0.25) is 0 Å². The molecule has 2 saturated carbocycles. The quantitative estimate of drug-likeness (QED) is 0.915. The van der Waals surface area contributed by atoms with Crippen molar-refractivity contribution in [1.82, 2.24) is 19.8 Å². The Kier molecular flexibility index (Phi) is 2.48. The smallest absolute Gasteiger partial charge is 0.234 e. The first-order valence-corrected chi connectivity index (χ1v) is 7.99. The highest BCUT2D eigenvalue weighted by Crippen LogP contribution is 2.42. The van der Waals surface area contributed by atoms with E-state index in [2.05, 4.69) is 17.1 Å². The summed E-state index contributed by atoms with van der Waals surface area (Å²) in [4.78, 5) is 0.903. The van der Waals surface area contributed by atoms with Crippen LogP contribution < -0.4 is 5.73 Å². The van der Waals surface area contributed by atoms with Gasteiger partial charge in [-0.2, -0.15) is 9.61 Å². The number of hydrogen-bond acceptors (Lipinski definition) is 5. The SMILES string of the molecule is CC1CCC(N)(c2nn3c(C4CC4)nnc3s2)CC1. The van der Waals surface area contributed by atoms with E-state index in [0.717, 1.165) is 34.6 Å². The number of nitrogens with two attached hydrogens (primary N) is 1. The molecule has 0 aromatic carbocycles. The molecule has 19 heavy (non-hydrogen) atoms. The Hall–Kier alpha value is -1.01. The van der Waals surface area contributed by atoms with Crippen molar-refractivity contribution in [3.05, 3.63) is 10.8 Å². The minimum absolute atomic E-state index is 0.237. The average molecular weight is 277 g/mol. The van der Waals surface area contributed by atoms with Crippen LogP contribution in [0, 0.1) is 5.92 Å². The Bertz CT molecular complexity index is 604. The fourth-order valence-corrected chi connectivity index (χ4v) is 3.93. The Morgan fingerprint density at radius 2 is 1.95 bits per heavy atom. The Balaban J connectivity index is 1.70. The van der Waals surface area contributed by atoms with Crippen molar-refractivity contribution in [2.45, 2.75) is 56.9 Å². The molecule has 5 nitrogen and oxygen atoms in total. The van der Waals surface area contributed by atoms with Gasteiger partial charge >= 0.3 is 0 Å². The third-order valence-electron chi connectivity index (χ3n) is 4.55. The van der Waals surface area contributed by atoms with Crippen molar-refractivity contribution in [3.63, 3.8) is 0 Å². The standard InChI is InChI=1S/C13H19N5S/c1-8-4-6-13(14,7-5-8)11-17-18-10(9-2-3-9)15-16-12(18)19-11/h8-9H,2-7,14H2,1H3. The van der Waals surface area contributed by atoms with Gasteiger partial charge in [-0.25, -0.2) is 0 Å². The maximum atomic E-state index is 6.59. The molecule has 0 saturated heterocycles. The maximum Gasteiger partial charge on any atom is 0.234 e. The topological polar surface area (TPSA) is 69.1 Å². The molecule has 0 bridgehead atoms. The van der Waals surface area contributed by atoms with Crippen molar-refractivity contribution < 1.29 is 0 Å². The van der Waals surface area contributed by atoms with Crippen LogP contribution in [0.4, 0.5) is 0 Å². The molecule has 0 atom stereocenters. The summed E-state index contributed by atoms with van der Waals surface area (Å²) in [6.07, 6.45) is 6.92. The van der Waals surface area contributed by atoms with Crippen LogP contribution >= 0.6 is 11.3 Å². The van der Waals surface area contributed by atoms with E-state index in [4.69, 9.17) is 10.8 Å². The molecule has 4 rings (SSSR count). The lowest BCUT2D eigenvalue weighted by Gasteiger charge is -2.33. The van der Waals surface area contributed by atoms with Crippen LogP contribution in [0.5, 0.6) is 0 Å². The molecular weight excluding hydrogens is 258 g/mol. The normalized spacial score (nSPS) is 32.0. The van der Waals surface area contributed by atoms with E-state index >= 15 is 0 Å². The summed E-state index contributed by atoms with van der Waals surface area (Å²) < 4.78 is 1.93. The molecule has 102 valence electrons. The predicted octanol–water partition coefficient (Wildman–Crippen LogP) is 2.43. The van der Waals surface area contributed by atoms with Gasteiger partial charge in [-0.15, -0.1) is 10.2 Å². The fraction of sp³-hybridized carbons (Fsp3) is 0.769. The summed E-state index contributed by atoms with van der Waals surface area (Å²) in [5.41, 5.74) is 6.36. The van der Waals surface area contributed by atoms with Crippen LogP contribution in [0.2, 0.25) is 0 Å². The van der Waals surface area contributed by atoms with Crippen molar-refractivity contribution in [1.29, 1.82) is 0 Å². The van der Waals surface area contributed by atoms with Crippen molar-refractivity contribution in [2.24, 2.45) is 11.7 Å². The predicted molar refractivity (Wildman–Crippen MR) is 74.1 cm³/mol. The van der Waals surface area contributed by atoms with E-state index in [1.54, 1.807) is 11.3 Å². The molecule has 2 heterocycles. The van der Waals surface area contributed by atoms with Gasteiger partial charge in [-0.1, -0.05) is 18.3 Å². The zero-order valence-electron chi connectivity index (χ0n) is 11.2. The average Bonchev–Trinajstić information content (AvgIpc) is 3.01. The van der Waals surface area contributed by atoms with Crippen LogP contribution in [0.1, 0.15) is 62.2 Å². The number of nitrogens with zero attached hydrogens (tertiary/aromatic N) is 4. The van der Waals surface area contributed by atoms with Crippen LogP contribution in [0.3, 0.4) is 0 Å². The van der Waals surface area contributed by atoms with Crippen LogP contribution in [-0.4, -0.2) is 19.8 Å². The first-order valence-electron chi connectivity index (χ1n) is 7.17. The fourth-order valence-electron chi connectivity index (χ4n) is 2.92. The largest absolute Gasteiger partial charge is 0.319 e. The lowest BCUT2D eigenvalue weighted by Crippen LogP contribution is -2.40. The first kappa shape index (κ1) is 11.8. The van der Waals surface area contributed by atoms with E-state index in [-0.39, 0.29) is 5.54 Å². The van der Waals surface area contributed by atoms with Gasteiger partial charge in [0.05, 0.1) is 5.54 Å². The van der Waals surface area contributed by atoms with E-state index in [1.807, 2.05) is 4.52 Å². The molecule has 0 radical (unpaired) electrons. The molecular formula is C13H19N5S. The Morgan fingerprint density at radius 1 is 1.21 bits per heavy atom. The highest BCUT2D eigenvalue weighted by Gasteiger charge is 2.37. The highest BCUT2D eigenvalue weighted by molar-refractivity contribution is 7.16. The molecule has 0 unspecified atom stereocenters. The number of aromatic nitrogens is 4. The van der Waals surface area contributed by atoms with Gasteiger partial charge in [0, 0.05) is 5.92 Å². The molecule has 2 aromatic rings. The summed E-state index contributed by atoms with van der Waals surface area (Å²) in [6, 6.07) is 0. The Morgan fingerprint density at radius 3 is 2.63 bits per heavy atom. The molecule has 2 aliphatic carbocycles. The molecule has 2 fully saturated rings. The van der Waals surface area contributed by atoms with E-state index < -0.39 is 0 Å². The number of fused-ring (bicyclic) bond motifs is 1. The highest BCUT2D eigenvalue weighted by atomic mass is 32.1. The minimum Gasteiger partial charge on any atom is -0.319 e. The first-order chi connectivity index (χ1) is 9.16. The van der Waals surface area contributed by atoms with Crippen molar-refractivity contribution in [3.8, 4) is 0 Å². The van der Waals surface area contributed by atoms with Gasteiger partial charge in [-0.05, 0) is 44.4 Å². The maximum absolute atomic E-state index is 6.59. The molecule has 0 spiro atoms. The van der Waals surface area contributed by atoms with Gasteiger partial charge in [0.1, 0.15) is 5.01 Å². The monoisotopic (exact) mass is 277 g/mol. The summed E-state index contributed by atoms with van der Waals surface area (Å²) in [5, 5.41) is 14.3. The van der Waals surface area contributed by atoms with Crippen LogP contribution in [-0.2, 0) is 5.54 Å². The van der Waals surface area contributed by atoms with E-state index in [1.165, 1.54) is 25.7 Å². The van der Waals surface area contributed by atoms with Gasteiger partial charge in [0.15, 0.2) is 5.82 Å². The third kappa shape index (κ3) is 1.89. The van der Waals surface area contributed by atoms with Crippen LogP contribution in [0.15, 0.2) is 0 Å². The molecule has 0 aliphatic heterocycles. The lowest BCUT2D eigenvalue weighted by atomic mass is 9.78. The zero-order valence-corrected chi connectivity index (χ0v) is 12.0. The second-order valence-electron chi connectivity index (χ2n) is 6.27. The third-order valence-corrected chi connectivity index (χ3v) is 5.67. The molecule has 2 aliphatic rings. The minimum atomic E-state index is -0.237. The van der Waals surface area contributed by atoms with E-state index in [0.29, 0.717) is 5.92 Å². The molecule has 2 aromatic heterocycles. The summed E-state index contributed by atoms with van der Waals surface area (Å²) >= 11 is 1.62. The molecule has 2 N–H and O–H groups in total.